The van der Waals surface area contributed by atoms with Crippen LogP contribution in [0.15, 0.2) is 38.8 Å². The zero-order chi connectivity index (χ0) is 18.8. The lowest BCUT2D eigenvalue weighted by molar-refractivity contribution is 0.396. The smallest absolute Gasteiger partial charge is 0.314 e. The lowest BCUT2D eigenvalue weighted by Crippen LogP contribution is -2.28. The van der Waals surface area contributed by atoms with Gasteiger partial charge < -0.3 is 24.2 Å². The molecule has 0 aliphatic carbocycles. The van der Waals surface area contributed by atoms with Gasteiger partial charge in [0.05, 0.1) is 30.3 Å². The summed E-state index contributed by atoms with van der Waals surface area (Å²) in [4.78, 5) is 29.0. The second-order valence-corrected chi connectivity index (χ2v) is 6.72. The highest BCUT2D eigenvalue weighted by atomic mass is 35.5. The number of aromatic amines is 2. The second-order valence-electron chi connectivity index (χ2n) is 5.46. The Morgan fingerprint density at radius 3 is 2.27 bits per heavy atom. The topological polar surface area (TPSA) is 96.2 Å². The number of aromatic nitrogens is 2. The largest absolute Gasteiger partial charge is 0.497 e. The molecule has 0 aliphatic rings. The van der Waals surface area contributed by atoms with Crippen LogP contribution in [0.4, 0.5) is 5.69 Å². The van der Waals surface area contributed by atoms with Gasteiger partial charge in [-0.25, -0.2) is 0 Å². The number of nitrogens with one attached hydrogen (secondary N) is 3. The van der Waals surface area contributed by atoms with E-state index in [4.69, 9.17) is 21.1 Å². The maximum atomic E-state index is 11.5. The van der Waals surface area contributed by atoms with E-state index in [1.165, 1.54) is 11.9 Å². The van der Waals surface area contributed by atoms with Crippen LogP contribution in [-0.4, -0.2) is 24.2 Å². The number of H-pyrrole nitrogens is 2. The Balaban J connectivity index is 1.95. The first-order valence-corrected chi connectivity index (χ1v) is 8.73. The van der Waals surface area contributed by atoms with Crippen molar-refractivity contribution in [2.75, 3.05) is 18.9 Å². The van der Waals surface area contributed by atoms with Gasteiger partial charge in [-0.3, -0.25) is 9.59 Å². The maximum Gasteiger partial charge on any atom is 0.314 e. The fourth-order valence-corrected chi connectivity index (χ4v) is 3.53. The molecule has 0 unspecified atom stereocenters. The SMILES string of the molecule is COc1cc(Cl)c(NSc2cc3[nH]c(=O)c(=O)[nH]c3cc2C)c(OC)c1. The molecule has 0 bridgehead atoms. The van der Waals surface area contributed by atoms with Gasteiger partial charge >= 0.3 is 11.1 Å². The summed E-state index contributed by atoms with van der Waals surface area (Å²) in [6.07, 6.45) is 0. The van der Waals surface area contributed by atoms with Crippen LogP contribution in [0.1, 0.15) is 5.56 Å². The summed E-state index contributed by atoms with van der Waals surface area (Å²) in [5.74, 6) is 1.13. The molecule has 1 heterocycles. The molecule has 0 saturated heterocycles. The van der Waals surface area contributed by atoms with Gasteiger partial charge in [-0.2, -0.15) is 0 Å². The van der Waals surface area contributed by atoms with Crippen LogP contribution in [0.3, 0.4) is 0 Å². The van der Waals surface area contributed by atoms with Crippen molar-refractivity contribution < 1.29 is 9.47 Å². The van der Waals surface area contributed by atoms with Crippen LogP contribution in [-0.2, 0) is 0 Å². The summed E-state index contributed by atoms with van der Waals surface area (Å²) in [6.45, 7) is 1.90. The third-order valence-electron chi connectivity index (χ3n) is 3.76. The third kappa shape index (κ3) is 3.51. The minimum Gasteiger partial charge on any atom is -0.497 e. The Hall–Kier alpha value is -2.58. The van der Waals surface area contributed by atoms with Crippen LogP contribution < -0.4 is 25.3 Å². The molecule has 3 aromatic rings. The molecule has 136 valence electrons. The number of fused-ring (bicyclic) bond motifs is 1. The molecule has 0 amide bonds. The Kier molecular flexibility index (Phi) is 5.15. The molecule has 9 heteroatoms. The molecule has 0 radical (unpaired) electrons. The molecule has 1 aromatic heterocycles. The maximum absolute atomic E-state index is 11.5. The first-order valence-electron chi connectivity index (χ1n) is 7.54. The Labute approximate surface area is 157 Å². The normalized spacial score (nSPS) is 10.8. The first kappa shape index (κ1) is 18.2. The summed E-state index contributed by atoms with van der Waals surface area (Å²) < 4.78 is 13.7. The van der Waals surface area contributed by atoms with Crippen molar-refractivity contribution in [2.45, 2.75) is 11.8 Å². The van der Waals surface area contributed by atoms with E-state index in [1.807, 2.05) is 6.92 Å². The van der Waals surface area contributed by atoms with Crippen LogP contribution in [0.2, 0.25) is 5.02 Å². The molecule has 0 aliphatic heterocycles. The highest BCUT2D eigenvalue weighted by Crippen LogP contribution is 2.39. The van der Waals surface area contributed by atoms with Crippen molar-refractivity contribution in [3.63, 3.8) is 0 Å². The monoisotopic (exact) mass is 393 g/mol. The van der Waals surface area contributed by atoms with Gasteiger partial charge in [0.2, 0.25) is 0 Å². The molecule has 3 rings (SSSR count). The second kappa shape index (κ2) is 7.35. The molecule has 0 atom stereocenters. The van der Waals surface area contributed by atoms with Crippen molar-refractivity contribution in [2.24, 2.45) is 0 Å². The van der Waals surface area contributed by atoms with Crippen molar-refractivity contribution in [3.05, 3.63) is 55.6 Å². The number of hydrogen-bond acceptors (Lipinski definition) is 6. The van der Waals surface area contributed by atoms with E-state index in [-0.39, 0.29) is 0 Å². The van der Waals surface area contributed by atoms with Crippen molar-refractivity contribution in [1.29, 1.82) is 0 Å². The van der Waals surface area contributed by atoms with Gasteiger partial charge in [0.15, 0.2) is 0 Å². The highest BCUT2D eigenvalue weighted by molar-refractivity contribution is 8.00. The summed E-state index contributed by atoms with van der Waals surface area (Å²) in [6, 6.07) is 6.99. The van der Waals surface area contributed by atoms with E-state index in [0.717, 1.165) is 10.5 Å². The predicted molar refractivity (Wildman–Crippen MR) is 104 cm³/mol. The van der Waals surface area contributed by atoms with Crippen LogP contribution in [0.5, 0.6) is 11.5 Å². The van der Waals surface area contributed by atoms with Gasteiger partial charge in [0.25, 0.3) is 0 Å². The molecule has 0 fully saturated rings. The Morgan fingerprint density at radius 2 is 1.65 bits per heavy atom. The lowest BCUT2D eigenvalue weighted by Gasteiger charge is -2.15. The first-order chi connectivity index (χ1) is 12.4. The van der Waals surface area contributed by atoms with Crippen LogP contribution in [0.25, 0.3) is 11.0 Å². The minimum atomic E-state index is -0.690. The molecular weight excluding hydrogens is 378 g/mol. The van der Waals surface area contributed by atoms with E-state index < -0.39 is 11.1 Å². The van der Waals surface area contributed by atoms with E-state index in [9.17, 15) is 9.59 Å². The quantitative estimate of drug-likeness (QED) is 0.454. The fraction of sp³-hybridized carbons (Fsp3) is 0.176. The molecule has 3 N–H and O–H groups in total. The van der Waals surface area contributed by atoms with Gasteiger partial charge in [0, 0.05) is 17.0 Å². The van der Waals surface area contributed by atoms with Crippen molar-refractivity contribution in [3.8, 4) is 11.5 Å². The number of hydrogen-bond donors (Lipinski definition) is 3. The molecule has 26 heavy (non-hydrogen) atoms. The average Bonchev–Trinajstić information content (AvgIpc) is 2.61. The zero-order valence-corrected chi connectivity index (χ0v) is 15.8. The number of benzene rings is 2. The standard InChI is InChI=1S/C17H16ClN3O4S/c1-8-4-11-12(20-17(23)16(22)19-11)7-14(8)26-21-15-10(18)5-9(24-2)6-13(15)25-3/h4-7,21H,1-3H3,(H,19,22)(H,20,23). The molecule has 0 spiro atoms. The van der Waals surface area contributed by atoms with Gasteiger partial charge in [-0.1, -0.05) is 11.6 Å². The molecule has 2 aromatic carbocycles. The number of aryl methyl sites for hydroxylation is 1. The number of ether oxygens (including phenoxy) is 2. The average molecular weight is 394 g/mol. The molecule has 0 saturated carbocycles. The van der Waals surface area contributed by atoms with Crippen LogP contribution in [0, 0.1) is 6.92 Å². The Bertz CT molecular complexity index is 1090. The number of rotatable bonds is 5. The van der Waals surface area contributed by atoms with Gasteiger partial charge in [0.1, 0.15) is 17.2 Å². The molecular formula is C17H16ClN3O4S. The predicted octanol–water partition coefficient (Wildman–Crippen LogP) is 3.31. The minimum absolute atomic E-state index is 0.449. The van der Waals surface area contributed by atoms with Crippen LogP contribution >= 0.6 is 23.5 Å². The summed E-state index contributed by atoms with van der Waals surface area (Å²) in [5.41, 5.74) is 1.26. The number of halogens is 1. The molecule has 7 nitrogen and oxygen atoms in total. The fourth-order valence-electron chi connectivity index (χ4n) is 2.40. The van der Waals surface area contributed by atoms with Crippen molar-refractivity contribution in [1.82, 2.24) is 9.97 Å². The zero-order valence-electron chi connectivity index (χ0n) is 14.2. The van der Waals surface area contributed by atoms with Gasteiger partial charge in [-0.05, 0) is 36.6 Å². The van der Waals surface area contributed by atoms with E-state index >= 15 is 0 Å². The lowest BCUT2D eigenvalue weighted by atomic mass is 10.2. The highest BCUT2D eigenvalue weighted by Gasteiger charge is 2.13. The Morgan fingerprint density at radius 1 is 1.00 bits per heavy atom. The number of methoxy groups -OCH3 is 2. The third-order valence-corrected chi connectivity index (χ3v) is 5.03. The van der Waals surface area contributed by atoms with Crippen molar-refractivity contribution >= 4 is 40.3 Å². The van der Waals surface area contributed by atoms with E-state index in [1.54, 1.807) is 38.5 Å². The van der Waals surface area contributed by atoms with E-state index in [0.29, 0.717) is 33.2 Å². The number of anilines is 1. The summed E-state index contributed by atoms with van der Waals surface area (Å²) in [7, 11) is 3.10. The summed E-state index contributed by atoms with van der Waals surface area (Å²) >= 11 is 7.62. The summed E-state index contributed by atoms with van der Waals surface area (Å²) in [5, 5.41) is 0.449. The van der Waals surface area contributed by atoms with Gasteiger partial charge in [-0.15, -0.1) is 0 Å². The van der Waals surface area contributed by atoms with E-state index in [2.05, 4.69) is 14.7 Å².